The molecule has 0 saturated heterocycles. The lowest BCUT2D eigenvalue weighted by atomic mass is 9.81. The fourth-order valence-electron chi connectivity index (χ4n) is 4.54. The molecule has 0 spiro atoms. The third-order valence-electron chi connectivity index (χ3n) is 6.11. The molecule has 3 aromatic rings. The smallest absolute Gasteiger partial charge is 0.342 e. The number of nitrogens with zero attached hydrogens (tertiary/aromatic N) is 1. The number of rotatable bonds is 7. The Morgan fingerprint density at radius 2 is 1.84 bits per heavy atom. The molecule has 7 nitrogen and oxygen atoms in total. The number of carbonyl (C=O) groups excluding carboxylic acids is 2. The van der Waals surface area contributed by atoms with E-state index in [2.05, 4.69) is 4.98 Å². The van der Waals surface area contributed by atoms with Crippen molar-refractivity contribution in [3.8, 4) is 5.75 Å². The Morgan fingerprint density at radius 3 is 2.51 bits per heavy atom. The van der Waals surface area contributed by atoms with E-state index in [1.165, 1.54) is 17.2 Å². The largest absolute Gasteiger partial charge is 0.491 e. The average molecular weight is 513 g/mol. The van der Waals surface area contributed by atoms with Crippen molar-refractivity contribution in [2.45, 2.75) is 39.2 Å². The lowest BCUT2D eigenvalue weighted by Gasteiger charge is -2.29. The molecule has 2 heterocycles. The average Bonchev–Trinajstić information content (AvgIpc) is 3.16. The van der Waals surface area contributed by atoms with Crippen LogP contribution in [0, 0.1) is 11.6 Å². The van der Waals surface area contributed by atoms with Gasteiger partial charge >= 0.3 is 5.97 Å². The van der Waals surface area contributed by atoms with E-state index in [1.54, 1.807) is 21.0 Å². The number of ether oxygens (including phenoxy) is 3. The molecule has 37 heavy (non-hydrogen) atoms. The molecule has 1 aliphatic heterocycles. The lowest BCUT2D eigenvalue weighted by molar-refractivity contribution is -0.140. The van der Waals surface area contributed by atoms with Crippen molar-refractivity contribution in [1.29, 1.82) is 0 Å². The highest BCUT2D eigenvalue weighted by atomic mass is 19.2. The van der Waals surface area contributed by atoms with Gasteiger partial charge < -0.3 is 24.1 Å². The zero-order valence-corrected chi connectivity index (χ0v) is 21.5. The Balaban J connectivity index is 1.84. The van der Waals surface area contributed by atoms with Gasteiger partial charge in [-0.15, -0.1) is 0 Å². The summed E-state index contributed by atoms with van der Waals surface area (Å²) < 4.78 is 43.7. The number of amides is 1. The molecule has 0 fully saturated rings. The van der Waals surface area contributed by atoms with E-state index < -0.39 is 35.0 Å². The summed E-state index contributed by atoms with van der Waals surface area (Å²) in [5.41, 5.74) is 1.60. The van der Waals surface area contributed by atoms with Crippen LogP contribution in [0.3, 0.4) is 0 Å². The lowest BCUT2D eigenvalue weighted by Crippen LogP contribution is -2.37. The van der Waals surface area contributed by atoms with Gasteiger partial charge in [-0.25, -0.2) is 13.6 Å². The predicted molar refractivity (Wildman–Crippen MR) is 135 cm³/mol. The maximum absolute atomic E-state index is 13.9. The first kappa shape index (κ1) is 26.3. The van der Waals surface area contributed by atoms with E-state index in [0.29, 0.717) is 24.7 Å². The van der Waals surface area contributed by atoms with Crippen LogP contribution in [0.15, 0.2) is 42.6 Å². The van der Waals surface area contributed by atoms with Gasteiger partial charge in [-0.3, -0.25) is 4.79 Å². The second kappa shape index (κ2) is 10.3. The molecule has 0 aliphatic carbocycles. The second-order valence-electron chi connectivity index (χ2n) is 9.87. The number of aromatic amines is 1. The number of carbonyl (C=O) groups is 2. The minimum absolute atomic E-state index is 0.0317. The molecule has 0 unspecified atom stereocenters. The molecule has 0 saturated carbocycles. The summed E-state index contributed by atoms with van der Waals surface area (Å²) in [5.74, 6) is -2.70. The van der Waals surface area contributed by atoms with Crippen molar-refractivity contribution in [3.05, 3.63) is 71.1 Å². The van der Waals surface area contributed by atoms with E-state index in [0.717, 1.165) is 28.6 Å². The maximum atomic E-state index is 13.9. The summed E-state index contributed by atoms with van der Waals surface area (Å²) in [6.07, 6.45) is 1.03. The first-order chi connectivity index (χ1) is 17.5. The van der Waals surface area contributed by atoms with Gasteiger partial charge in [-0.1, -0.05) is 13.8 Å². The number of aromatic nitrogens is 1. The number of fused-ring (bicyclic) bond motifs is 3. The van der Waals surface area contributed by atoms with Crippen molar-refractivity contribution in [2.24, 2.45) is 0 Å². The molecule has 9 heteroatoms. The van der Waals surface area contributed by atoms with Crippen LogP contribution in [-0.2, 0) is 19.7 Å². The van der Waals surface area contributed by atoms with Crippen molar-refractivity contribution < 1.29 is 32.6 Å². The molecule has 0 radical (unpaired) electrons. The zero-order valence-electron chi connectivity index (χ0n) is 21.5. The highest BCUT2D eigenvalue weighted by Crippen LogP contribution is 2.41. The quantitative estimate of drug-likeness (QED) is 0.348. The van der Waals surface area contributed by atoms with Gasteiger partial charge in [0.25, 0.3) is 5.91 Å². The molecule has 2 aromatic carbocycles. The topological polar surface area (TPSA) is 80.9 Å². The maximum Gasteiger partial charge on any atom is 0.342 e. The van der Waals surface area contributed by atoms with Crippen LogP contribution in [-0.4, -0.2) is 54.7 Å². The number of halogens is 2. The normalized spacial score (nSPS) is 14.8. The predicted octanol–water partition coefficient (Wildman–Crippen LogP) is 5.20. The van der Waals surface area contributed by atoms with Crippen LogP contribution in [0.1, 0.15) is 49.3 Å². The van der Waals surface area contributed by atoms with Crippen molar-refractivity contribution in [1.82, 2.24) is 9.88 Å². The van der Waals surface area contributed by atoms with E-state index in [4.69, 9.17) is 14.2 Å². The van der Waals surface area contributed by atoms with Crippen molar-refractivity contribution in [3.63, 3.8) is 0 Å². The number of nitrogens with one attached hydrogen (secondary N) is 1. The highest BCUT2D eigenvalue weighted by molar-refractivity contribution is 6.18. The highest BCUT2D eigenvalue weighted by Gasteiger charge is 2.38. The van der Waals surface area contributed by atoms with Gasteiger partial charge in [0.1, 0.15) is 12.4 Å². The van der Waals surface area contributed by atoms with Crippen molar-refractivity contribution in [2.75, 3.05) is 26.9 Å². The molecule has 0 bridgehead atoms. The Hall–Kier alpha value is -3.72. The standard InChI is InChI=1S/C28H30F2N2O5/c1-16(2)37-27(34)20-14-32(26(33)17-6-9-21(29)22(30)12-17)15-28(3,4)24-19-8-7-18(36-11-10-35-5)13-23(19)31-25(20)24/h6-9,12-14,16,31H,10-11,15H2,1-5H3. The van der Waals surface area contributed by atoms with Gasteiger partial charge in [0, 0.05) is 47.8 Å². The Bertz CT molecular complexity index is 1380. The van der Waals surface area contributed by atoms with Crippen LogP contribution in [0.4, 0.5) is 8.78 Å². The number of methoxy groups -OCH3 is 1. The van der Waals surface area contributed by atoms with E-state index >= 15 is 0 Å². The molecule has 196 valence electrons. The minimum atomic E-state index is -1.12. The van der Waals surface area contributed by atoms with Gasteiger partial charge in [0.15, 0.2) is 11.6 Å². The number of esters is 1. The van der Waals surface area contributed by atoms with Crippen LogP contribution < -0.4 is 4.74 Å². The fourth-order valence-corrected chi connectivity index (χ4v) is 4.54. The zero-order chi connectivity index (χ0) is 26.9. The van der Waals surface area contributed by atoms with Gasteiger partial charge in [-0.05, 0) is 49.7 Å². The third kappa shape index (κ3) is 5.36. The molecule has 4 rings (SSSR count). The molecular formula is C28H30F2N2O5. The number of benzene rings is 2. The van der Waals surface area contributed by atoms with Crippen LogP contribution >= 0.6 is 0 Å². The molecule has 0 atom stereocenters. The summed E-state index contributed by atoms with van der Waals surface area (Å²) in [6.45, 7) is 8.40. The van der Waals surface area contributed by atoms with Crippen LogP contribution in [0.5, 0.6) is 5.75 Å². The number of H-pyrrole nitrogens is 1. The molecular weight excluding hydrogens is 482 g/mol. The van der Waals surface area contributed by atoms with Crippen LogP contribution in [0.2, 0.25) is 0 Å². The molecule has 1 aliphatic rings. The van der Waals surface area contributed by atoms with E-state index in [-0.39, 0.29) is 17.7 Å². The van der Waals surface area contributed by atoms with E-state index in [1.807, 2.05) is 32.0 Å². The summed E-state index contributed by atoms with van der Waals surface area (Å²) in [5, 5.41) is 0.865. The fraction of sp³-hybridized carbons (Fsp3) is 0.357. The van der Waals surface area contributed by atoms with Crippen LogP contribution in [0.25, 0.3) is 16.5 Å². The van der Waals surface area contributed by atoms with Crippen molar-refractivity contribution >= 4 is 28.4 Å². The monoisotopic (exact) mass is 512 g/mol. The summed E-state index contributed by atoms with van der Waals surface area (Å²) in [6, 6.07) is 8.59. The number of hydrogen-bond acceptors (Lipinski definition) is 5. The molecule has 1 N–H and O–H groups in total. The Kier molecular flexibility index (Phi) is 7.36. The van der Waals surface area contributed by atoms with Gasteiger partial charge in [0.2, 0.25) is 0 Å². The first-order valence-corrected chi connectivity index (χ1v) is 12.0. The SMILES string of the molecule is COCCOc1ccc2c3c([nH]c2c1)C(C(=O)OC(C)C)=CN(C(=O)c1ccc(F)c(F)c1)CC3(C)C. The Morgan fingerprint density at radius 1 is 1.08 bits per heavy atom. The second-order valence-corrected chi connectivity index (χ2v) is 9.87. The molecule has 1 amide bonds. The minimum Gasteiger partial charge on any atom is -0.491 e. The molecule has 1 aromatic heterocycles. The van der Waals surface area contributed by atoms with Gasteiger partial charge in [-0.2, -0.15) is 0 Å². The summed E-state index contributed by atoms with van der Waals surface area (Å²) in [4.78, 5) is 31.4. The van der Waals surface area contributed by atoms with E-state index in [9.17, 15) is 18.4 Å². The Labute approximate surface area is 214 Å². The van der Waals surface area contributed by atoms with Gasteiger partial charge in [0.05, 0.1) is 24.0 Å². The summed E-state index contributed by atoms with van der Waals surface area (Å²) >= 11 is 0. The summed E-state index contributed by atoms with van der Waals surface area (Å²) in [7, 11) is 1.60. The first-order valence-electron chi connectivity index (χ1n) is 12.0. The number of hydrogen-bond donors (Lipinski definition) is 1. The third-order valence-corrected chi connectivity index (χ3v) is 6.11.